The fraction of sp³-hybridized carbons (Fsp3) is 0.611. The molecule has 1 fully saturated rings. The molecule has 0 aromatic heterocycles. The van der Waals surface area contributed by atoms with Gasteiger partial charge in [-0.2, -0.15) is 0 Å². The number of rotatable bonds is 8. The number of ether oxygens (including phenoxy) is 2. The van der Waals surface area contributed by atoms with Gasteiger partial charge in [-0.1, -0.05) is 25.5 Å². The van der Waals surface area contributed by atoms with Gasteiger partial charge in [0.2, 0.25) is 0 Å². The lowest BCUT2D eigenvalue weighted by atomic mass is 10.1. The van der Waals surface area contributed by atoms with Crippen LogP contribution in [0.1, 0.15) is 38.2 Å². The van der Waals surface area contributed by atoms with Crippen molar-refractivity contribution >= 4 is 5.97 Å². The zero-order chi connectivity index (χ0) is 16.5. The molecule has 5 heteroatoms. The van der Waals surface area contributed by atoms with Crippen molar-refractivity contribution in [1.82, 2.24) is 5.32 Å². The van der Waals surface area contributed by atoms with Crippen LogP contribution in [0, 0.1) is 0 Å². The number of nitrogens with two attached hydrogens (primary N) is 1. The average molecular weight is 320 g/mol. The molecule has 0 radical (unpaired) electrons. The Morgan fingerprint density at radius 1 is 1.30 bits per heavy atom. The van der Waals surface area contributed by atoms with Crippen LogP contribution in [0.15, 0.2) is 24.3 Å². The third-order valence-corrected chi connectivity index (χ3v) is 4.01. The van der Waals surface area contributed by atoms with E-state index in [-0.39, 0.29) is 12.1 Å². The summed E-state index contributed by atoms with van der Waals surface area (Å²) in [4.78, 5) is 11.8. The monoisotopic (exact) mass is 320 g/mol. The van der Waals surface area contributed by atoms with Crippen LogP contribution < -0.4 is 15.8 Å². The average Bonchev–Trinajstić information content (AvgIpc) is 2.57. The van der Waals surface area contributed by atoms with E-state index in [0.29, 0.717) is 13.0 Å². The maximum Gasteiger partial charge on any atom is 0.323 e. The molecule has 1 saturated heterocycles. The van der Waals surface area contributed by atoms with Crippen LogP contribution in [0.5, 0.6) is 5.75 Å². The zero-order valence-corrected chi connectivity index (χ0v) is 13.9. The third-order valence-electron chi connectivity index (χ3n) is 4.01. The molecular weight excluding hydrogens is 292 g/mol. The second kappa shape index (κ2) is 9.53. The standard InChI is InChI=1S/C18H28N2O3/c1-2-3-12-22-18(21)17(19)13-14-4-6-15(7-5-14)23-16-8-10-20-11-9-16/h4-7,16-17,20H,2-3,8-13,19H2,1H3/t17-/m0/s1. The van der Waals surface area contributed by atoms with Gasteiger partial charge in [-0.3, -0.25) is 4.79 Å². The third kappa shape index (κ3) is 6.20. The molecule has 1 heterocycles. The number of carbonyl (C=O) groups is 1. The van der Waals surface area contributed by atoms with E-state index in [9.17, 15) is 4.79 Å². The van der Waals surface area contributed by atoms with Crippen LogP contribution in [0.3, 0.4) is 0 Å². The molecule has 0 bridgehead atoms. The lowest BCUT2D eigenvalue weighted by Gasteiger charge is -2.23. The number of hydrogen-bond donors (Lipinski definition) is 2. The summed E-state index contributed by atoms with van der Waals surface area (Å²) >= 11 is 0. The Labute approximate surface area is 138 Å². The second-order valence-corrected chi connectivity index (χ2v) is 6.04. The van der Waals surface area contributed by atoms with Gasteiger partial charge in [-0.15, -0.1) is 0 Å². The van der Waals surface area contributed by atoms with Crippen molar-refractivity contribution < 1.29 is 14.3 Å². The lowest BCUT2D eigenvalue weighted by Crippen LogP contribution is -2.34. The van der Waals surface area contributed by atoms with Crippen molar-refractivity contribution in [3.05, 3.63) is 29.8 Å². The normalized spacial score (nSPS) is 16.8. The molecule has 2 rings (SSSR count). The number of carbonyl (C=O) groups excluding carboxylic acids is 1. The predicted molar refractivity (Wildman–Crippen MR) is 90.5 cm³/mol. The number of unbranched alkanes of at least 4 members (excludes halogenated alkanes) is 1. The second-order valence-electron chi connectivity index (χ2n) is 6.04. The van der Waals surface area contributed by atoms with Gasteiger partial charge in [0.1, 0.15) is 17.9 Å². The minimum Gasteiger partial charge on any atom is -0.490 e. The van der Waals surface area contributed by atoms with E-state index in [2.05, 4.69) is 12.2 Å². The highest BCUT2D eigenvalue weighted by Gasteiger charge is 2.16. The Kier molecular flexibility index (Phi) is 7.36. The van der Waals surface area contributed by atoms with Gasteiger partial charge in [0.15, 0.2) is 0 Å². The summed E-state index contributed by atoms with van der Waals surface area (Å²) in [7, 11) is 0. The Hall–Kier alpha value is -1.59. The molecule has 0 spiro atoms. The molecule has 3 N–H and O–H groups in total. The van der Waals surface area contributed by atoms with E-state index in [0.717, 1.165) is 50.1 Å². The number of nitrogens with one attached hydrogen (secondary N) is 1. The summed E-state index contributed by atoms with van der Waals surface area (Å²) in [5, 5.41) is 3.32. The zero-order valence-electron chi connectivity index (χ0n) is 13.9. The minimum absolute atomic E-state index is 0.290. The number of piperidine rings is 1. The molecule has 0 aliphatic carbocycles. The molecular formula is C18H28N2O3. The quantitative estimate of drug-likeness (QED) is 0.566. The van der Waals surface area contributed by atoms with E-state index in [4.69, 9.17) is 15.2 Å². The highest BCUT2D eigenvalue weighted by Crippen LogP contribution is 2.18. The van der Waals surface area contributed by atoms with Crippen LogP contribution in [0.2, 0.25) is 0 Å². The van der Waals surface area contributed by atoms with Crippen molar-refractivity contribution in [2.75, 3.05) is 19.7 Å². The lowest BCUT2D eigenvalue weighted by molar-refractivity contribution is -0.145. The van der Waals surface area contributed by atoms with Crippen molar-refractivity contribution in [2.24, 2.45) is 5.73 Å². The molecule has 1 atom stereocenters. The van der Waals surface area contributed by atoms with Gasteiger partial charge in [0, 0.05) is 0 Å². The minimum atomic E-state index is -0.608. The first-order valence-electron chi connectivity index (χ1n) is 8.57. The summed E-state index contributed by atoms with van der Waals surface area (Å²) in [6.07, 6.45) is 4.73. The van der Waals surface area contributed by atoms with Gasteiger partial charge in [0.25, 0.3) is 0 Å². The number of hydrogen-bond acceptors (Lipinski definition) is 5. The Bertz CT molecular complexity index is 470. The van der Waals surface area contributed by atoms with Crippen molar-refractivity contribution in [3.8, 4) is 5.75 Å². The molecule has 1 aliphatic rings. The van der Waals surface area contributed by atoms with Crippen LogP contribution >= 0.6 is 0 Å². The maximum absolute atomic E-state index is 11.8. The Morgan fingerprint density at radius 2 is 2.00 bits per heavy atom. The topological polar surface area (TPSA) is 73.6 Å². The first kappa shape index (κ1) is 17.8. The first-order chi connectivity index (χ1) is 11.2. The van der Waals surface area contributed by atoms with Gasteiger partial charge in [-0.25, -0.2) is 0 Å². The Balaban J connectivity index is 1.78. The molecule has 0 saturated carbocycles. The number of esters is 1. The molecule has 5 nitrogen and oxygen atoms in total. The molecule has 1 aliphatic heterocycles. The van der Waals surface area contributed by atoms with Gasteiger partial charge in [0.05, 0.1) is 6.61 Å². The summed E-state index contributed by atoms with van der Waals surface area (Å²) in [5.41, 5.74) is 6.92. The summed E-state index contributed by atoms with van der Waals surface area (Å²) in [5.74, 6) is 0.549. The van der Waals surface area contributed by atoms with Gasteiger partial charge < -0.3 is 20.5 Å². The molecule has 23 heavy (non-hydrogen) atoms. The SMILES string of the molecule is CCCCOC(=O)[C@@H](N)Cc1ccc(OC2CCNCC2)cc1. The van der Waals surface area contributed by atoms with Gasteiger partial charge in [-0.05, 0) is 56.5 Å². The number of benzene rings is 1. The first-order valence-corrected chi connectivity index (χ1v) is 8.57. The van der Waals surface area contributed by atoms with E-state index in [1.54, 1.807) is 0 Å². The highest BCUT2D eigenvalue weighted by atomic mass is 16.5. The Morgan fingerprint density at radius 3 is 2.65 bits per heavy atom. The van der Waals surface area contributed by atoms with Gasteiger partial charge >= 0.3 is 5.97 Å². The van der Waals surface area contributed by atoms with E-state index in [1.165, 1.54) is 0 Å². The fourth-order valence-corrected chi connectivity index (χ4v) is 2.57. The van der Waals surface area contributed by atoms with E-state index < -0.39 is 6.04 Å². The molecule has 1 aromatic carbocycles. The van der Waals surface area contributed by atoms with Crippen LogP contribution in [-0.2, 0) is 16.0 Å². The molecule has 128 valence electrons. The molecule has 1 aromatic rings. The van der Waals surface area contributed by atoms with Crippen LogP contribution in [-0.4, -0.2) is 37.8 Å². The molecule has 0 amide bonds. The summed E-state index contributed by atoms with van der Waals surface area (Å²) in [6.45, 7) is 4.53. The van der Waals surface area contributed by atoms with Crippen molar-refractivity contribution in [2.45, 2.75) is 51.2 Å². The maximum atomic E-state index is 11.8. The van der Waals surface area contributed by atoms with Crippen molar-refractivity contribution in [3.63, 3.8) is 0 Å². The summed E-state index contributed by atoms with van der Waals surface area (Å²) in [6, 6.07) is 7.23. The fourth-order valence-electron chi connectivity index (χ4n) is 2.57. The van der Waals surface area contributed by atoms with E-state index in [1.807, 2.05) is 24.3 Å². The van der Waals surface area contributed by atoms with Crippen LogP contribution in [0.25, 0.3) is 0 Å². The molecule has 0 unspecified atom stereocenters. The van der Waals surface area contributed by atoms with Crippen molar-refractivity contribution in [1.29, 1.82) is 0 Å². The predicted octanol–water partition coefficient (Wildman–Crippen LogP) is 2.03. The van der Waals surface area contributed by atoms with E-state index >= 15 is 0 Å². The smallest absolute Gasteiger partial charge is 0.323 e. The largest absolute Gasteiger partial charge is 0.490 e. The summed E-state index contributed by atoms with van der Waals surface area (Å²) < 4.78 is 11.1. The highest BCUT2D eigenvalue weighted by molar-refractivity contribution is 5.75. The van der Waals surface area contributed by atoms with Crippen LogP contribution in [0.4, 0.5) is 0 Å².